The molecule has 2 aromatic rings. The van der Waals surface area contributed by atoms with Gasteiger partial charge in [-0.05, 0) is 17.7 Å². The summed E-state index contributed by atoms with van der Waals surface area (Å²) in [6.45, 7) is 6.91. The molecule has 26 heavy (non-hydrogen) atoms. The Morgan fingerprint density at radius 1 is 1.38 bits per heavy atom. The molecule has 0 spiro atoms. The molecule has 7 nitrogen and oxygen atoms in total. The topological polar surface area (TPSA) is 75.8 Å². The highest BCUT2D eigenvalue weighted by molar-refractivity contribution is 5.79. The lowest BCUT2D eigenvalue weighted by Gasteiger charge is -2.21. The summed E-state index contributed by atoms with van der Waals surface area (Å²) < 4.78 is 24.1. The molecule has 0 amide bonds. The van der Waals surface area contributed by atoms with Crippen molar-refractivity contribution < 1.29 is 13.7 Å². The highest BCUT2D eigenvalue weighted by Gasteiger charge is 2.21. The molecule has 0 atom stereocenters. The van der Waals surface area contributed by atoms with Gasteiger partial charge >= 0.3 is 0 Å². The number of benzene rings is 1. The van der Waals surface area contributed by atoms with Crippen LogP contribution < -0.4 is 10.1 Å². The highest BCUT2D eigenvalue weighted by atomic mass is 19.1. The van der Waals surface area contributed by atoms with Crippen LogP contribution in [-0.2, 0) is 18.5 Å². The van der Waals surface area contributed by atoms with E-state index in [9.17, 15) is 4.39 Å². The number of methoxy groups -OCH3 is 1. The Balaban J connectivity index is 1.97. The van der Waals surface area contributed by atoms with Crippen molar-refractivity contribution in [1.29, 1.82) is 0 Å². The molecule has 1 aromatic carbocycles. The largest absolute Gasteiger partial charge is 0.494 e. The Kier molecular flexibility index (Phi) is 6.18. The van der Waals surface area contributed by atoms with E-state index >= 15 is 0 Å². The molecule has 0 radical (unpaired) electrons. The molecule has 8 heteroatoms. The molecular formula is C18H26FN5O2. The first-order valence-corrected chi connectivity index (χ1v) is 8.32. The van der Waals surface area contributed by atoms with E-state index in [0.29, 0.717) is 30.8 Å². The van der Waals surface area contributed by atoms with Crippen LogP contribution in [0.3, 0.4) is 0 Å². The lowest BCUT2D eigenvalue weighted by Crippen LogP contribution is -2.38. The van der Waals surface area contributed by atoms with Crippen molar-refractivity contribution >= 4 is 5.96 Å². The molecule has 0 aliphatic rings. The number of ether oxygens (including phenoxy) is 1. The third-order valence-electron chi connectivity index (χ3n) is 3.72. The smallest absolute Gasteiger partial charge is 0.232 e. The van der Waals surface area contributed by atoms with Gasteiger partial charge in [-0.3, -0.25) is 4.99 Å². The van der Waals surface area contributed by atoms with Crippen LogP contribution >= 0.6 is 0 Å². The summed E-state index contributed by atoms with van der Waals surface area (Å²) in [7, 11) is 5.00. The van der Waals surface area contributed by atoms with Crippen LogP contribution in [0.5, 0.6) is 5.75 Å². The van der Waals surface area contributed by atoms with E-state index in [1.807, 2.05) is 38.8 Å². The van der Waals surface area contributed by atoms with E-state index in [1.165, 1.54) is 13.2 Å². The van der Waals surface area contributed by atoms with Gasteiger partial charge in [0.05, 0.1) is 13.7 Å². The fraction of sp³-hybridized carbons (Fsp3) is 0.500. The van der Waals surface area contributed by atoms with Crippen molar-refractivity contribution in [1.82, 2.24) is 20.4 Å². The van der Waals surface area contributed by atoms with Crippen molar-refractivity contribution in [3.05, 3.63) is 41.3 Å². The van der Waals surface area contributed by atoms with Gasteiger partial charge in [-0.1, -0.05) is 32.0 Å². The van der Waals surface area contributed by atoms with Crippen molar-refractivity contribution in [2.75, 3.05) is 21.2 Å². The second kappa shape index (κ2) is 8.16. The van der Waals surface area contributed by atoms with Crippen molar-refractivity contribution in [2.24, 2.45) is 4.99 Å². The summed E-state index contributed by atoms with van der Waals surface area (Å²) >= 11 is 0. The van der Waals surface area contributed by atoms with E-state index < -0.39 is 0 Å². The third-order valence-corrected chi connectivity index (χ3v) is 3.72. The summed E-state index contributed by atoms with van der Waals surface area (Å²) in [5, 5.41) is 7.16. The molecule has 1 heterocycles. The van der Waals surface area contributed by atoms with E-state index in [4.69, 9.17) is 9.26 Å². The summed E-state index contributed by atoms with van der Waals surface area (Å²) in [6, 6.07) is 4.89. The molecular weight excluding hydrogens is 337 g/mol. The molecule has 1 N–H and O–H groups in total. The number of hydrogen-bond acceptors (Lipinski definition) is 5. The zero-order valence-electron chi connectivity index (χ0n) is 16.1. The molecule has 2 rings (SSSR count). The van der Waals surface area contributed by atoms with Crippen LogP contribution in [0.15, 0.2) is 27.7 Å². The van der Waals surface area contributed by atoms with Gasteiger partial charge in [-0.2, -0.15) is 4.98 Å². The van der Waals surface area contributed by atoms with Crippen molar-refractivity contribution in [2.45, 2.75) is 39.3 Å². The van der Waals surface area contributed by atoms with Crippen LogP contribution in [0.2, 0.25) is 0 Å². The van der Waals surface area contributed by atoms with E-state index in [2.05, 4.69) is 20.4 Å². The summed E-state index contributed by atoms with van der Waals surface area (Å²) in [5.74, 6) is 1.63. The Morgan fingerprint density at radius 2 is 2.12 bits per heavy atom. The first kappa shape index (κ1) is 19.7. The number of halogens is 1. The minimum absolute atomic E-state index is 0.192. The van der Waals surface area contributed by atoms with E-state index in [0.717, 1.165) is 5.56 Å². The zero-order valence-corrected chi connectivity index (χ0v) is 16.1. The quantitative estimate of drug-likeness (QED) is 0.650. The average molecular weight is 363 g/mol. The maximum atomic E-state index is 13.8. The summed E-state index contributed by atoms with van der Waals surface area (Å²) in [5.41, 5.74) is 0.616. The van der Waals surface area contributed by atoms with Gasteiger partial charge in [0.25, 0.3) is 0 Å². The summed E-state index contributed by atoms with van der Waals surface area (Å²) in [4.78, 5) is 10.5. The normalized spacial score (nSPS) is 12.2. The zero-order chi connectivity index (χ0) is 19.3. The van der Waals surface area contributed by atoms with Gasteiger partial charge < -0.3 is 19.5 Å². The molecule has 0 aliphatic heterocycles. The Morgan fingerprint density at radius 3 is 2.65 bits per heavy atom. The van der Waals surface area contributed by atoms with Gasteiger partial charge in [-0.25, -0.2) is 4.39 Å². The maximum absolute atomic E-state index is 13.8. The van der Waals surface area contributed by atoms with Gasteiger partial charge in [0.15, 0.2) is 23.4 Å². The lowest BCUT2D eigenvalue weighted by molar-refractivity contribution is 0.318. The first-order chi connectivity index (χ1) is 12.2. The average Bonchev–Trinajstić information content (AvgIpc) is 3.05. The molecule has 0 saturated heterocycles. The lowest BCUT2D eigenvalue weighted by atomic mass is 9.97. The Bertz CT molecular complexity index is 767. The van der Waals surface area contributed by atoms with Gasteiger partial charge in [0, 0.05) is 26.1 Å². The number of hydrogen-bond donors (Lipinski definition) is 1. The molecule has 0 aliphatic carbocycles. The third kappa shape index (κ3) is 4.93. The van der Waals surface area contributed by atoms with Gasteiger partial charge in [0.2, 0.25) is 5.89 Å². The number of aliphatic imine (C=N–C) groups is 1. The van der Waals surface area contributed by atoms with E-state index in [-0.39, 0.29) is 17.0 Å². The number of rotatable bonds is 5. The Labute approximate surface area is 153 Å². The van der Waals surface area contributed by atoms with Crippen LogP contribution in [-0.4, -0.2) is 42.2 Å². The van der Waals surface area contributed by atoms with Crippen LogP contribution in [0.25, 0.3) is 0 Å². The minimum Gasteiger partial charge on any atom is -0.494 e. The molecule has 1 aromatic heterocycles. The second-order valence-electron chi connectivity index (χ2n) is 6.99. The van der Waals surface area contributed by atoms with Gasteiger partial charge in [0.1, 0.15) is 0 Å². The summed E-state index contributed by atoms with van der Waals surface area (Å²) in [6.07, 6.45) is 0. The standard InChI is InChI=1S/C18H26FN5O2/c1-18(2,3)16-22-15(23-26-16)10-21-17(20-4)24(5)11-12-7-8-14(25-6)13(19)9-12/h7-9H,10-11H2,1-6H3,(H,20,21). The predicted octanol–water partition coefficient (Wildman–Crippen LogP) is 2.72. The molecule has 142 valence electrons. The first-order valence-electron chi connectivity index (χ1n) is 8.32. The SMILES string of the molecule is CN=C(NCc1noc(C(C)(C)C)n1)N(C)Cc1ccc(OC)c(F)c1. The predicted molar refractivity (Wildman–Crippen MR) is 97.6 cm³/mol. The number of aromatic nitrogens is 2. The van der Waals surface area contributed by atoms with E-state index in [1.54, 1.807) is 13.1 Å². The fourth-order valence-electron chi connectivity index (χ4n) is 2.33. The molecule has 0 saturated carbocycles. The van der Waals surface area contributed by atoms with Crippen LogP contribution in [0.4, 0.5) is 4.39 Å². The minimum atomic E-state index is -0.386. The monoisotopic (exact) mass is 363 g/mol. The maximum Gasteiger partial charge on any atom is 0.232 e. The fourth-order valence-corrected chi connectivity index (χ4v) is 2.33. The number of nitrogens with zero attached hydrogens (tertiary/aromatic N) is 4. The Hall–Kier alpha value is -2.64. The molecule has 0 bridgehead atoms. The van der Waals surface area contributed by atoms with Crippen molar-refractivity contribution in [3.63, 3.8) is 0 Å². The number of nitrogens with one attached hydrogen (secondary N) is 1. The molecule has 0 fully saturated rings. The van der Waals surface area contributed by atoms with Crippen molar-refractivity contribution in [3.8, 4) is 5.75 Å². The highest BCUT2D eigenvalue weighted by Crippen LogP contribution is 2.20. The number of guanidine groups is 1. The van der Waals surface area contributed by atoms with Crippen LogP contribution in [0.1, 0.15) is 38.0 Å². The van der Waals surface area contributed by atoms with Gasteiger partial charge in [-0.15, -0.1) is 0 Å². The van der Waals surface area contributed by atoms with Crippen LogP contribution in [0, 0.1) is 5.82 Å². The molecule has 0 unspecified atom stereocenters. The second-order valence-corrected chi connectivity index (χ2v) is 6.99.